The summed E-state index contributed by atoms with van der Waals surface area (Å²) in [5.41, 5.74) is 1.15. The molecule has 0 bridgehead atoms. The Kier molecular flexibility index (Phi) is 5.85. The summed E-state index contributed by atoms with van der Waals surface area (Å²) < 4.78 is 24.9. The van der Waals surface area contributed by atoms with E-state index >= 15 is 0 Å². The lowest BCUT2D eigenvalue weighted by molar-refractivity contribution is 0.126. The van der Waals surface area contributed by atoms with Gasteiger partial charge in [0, 0.05) is 25.7 Å². The molecule has 0 unspecified atom stereocenters. The summed E-state index contributed by atoms with van der Waals surface area (Å²) in [5.74, 6) is 0.967. The fourth-order valence-corrected chi connectivity index (χ4v) is 3.90. The smallest absolute Gasteiger partial charge is 0.322 e. The van der Waals surface area contributed by atoms with Crippen LogP contribution in [0.4, 0.5) is 14.9 Å². The molecule has 6 nitrogen and oxygen atoms in total. The number of hydrogen-bond acceptors (Lipinski definition) is 4. The molecule has 154 valence electrons. The summed E-state index contributed by atoms with van der Waals surface area (Å²) in [7, 11) is 0. The predicted octanol–water partition coefficient (Wildman–Crippen LogP) is 4.07. The number of ether oxygens (including phenoxy) is 2. The number of likely N-dealkylation sites (tertiary alicyclic amines) is 1. The fourth-order valence-electron chi connectivity index (χ4n) is 3.90. The quantitative estimate of drug-likeness (QED) is 0.823. The maximum absolute atomic E-state index is 14.1. The Bertz CT molecular complexity index is 868. The van der Waals surface area contributed by atoms with E-state index in [1.54, 1.807) is 18.2 Å². The van der Waals surface area contributed by atoms with Crippen molar-refractivity contribution >= 4 is 11.7 Å². The maximum atomic E-state index is 14.1. The Balaban J connectivity index is 1.53. The first-order valence-corrected chi connectivity index (χ1v) is 10.1. The second-order valence-corrected chi connectivity index (χ2v) is 7.39. The number of para-hydroxylation sites is 1. The number of anilines is 1. The summed E-state index contributed by atoms with van der Waals surface area (Å²) in [5, 5.41) is 2.75. The summed E-state index contributed by atoms with van der Waals surface area (Å²) in [6.45, 7) is 5.70. The maximum Gasteiger partial charge on any atom is 0.322 e. The highest BCUT2D eigenvalue weighted by Crippen LogP contribution is 2.33. The van der Waals surface area contributed by atoms with Crippen molar-refractivity contribution in [3.63, 3.8) is 0 Å². The van der Waals surface area contributed by atoms with Gasteiger partial charge in [-0.1, -0.05) is 25.1 Å². The van der Waals surface area contributed by atoms with Gasteiger partial charge in [0.15, 0.2) is 11.5 Å². The van der Waals surface area contributed by atoms with Crippen molar-refractivity contribution in [2.45, 2.75) is 32.4 Å². The zero-order chi connectivity index (χ0) is 20.2. The zero-order valence-corrected chi connectivity index (χ0v) is 16.6. The highest BCUT2D eigenvalue weighted by atomic mass is 19.1. The monoisotopic (exact) mass is 399 g/mol. The van der Waals surface area contributed by atoms with Crippen molar-refractivity contribution in [2.24, 2.45) is 0 Å². The van der Waals surface area contributed by atoms with Gasteiger partial charge in [-0.05, 0) is 49.2 Å². The second kappa shape index (κ2) is 8.69. The van der Waals surface area contributed by atoms with Gasteiger partial charge in [0.05, 0.1) is 5.69 Å². The van der Waals surface area contributed by atoms with Crippen molar-refractivity contribution in [3.8, 4) is 11.5 Å². The van der Waals surface area contributed by atoms with E-state index in [2.05, 4.69) is 17.1 Å². The molecular formula is C22H26FN3O3. The van der Waals surface area contributed by atoms with E-state index in [1.807, 2.05) is 23.1 Å². The molecule has 0 atom stereocenters. The van der Waals surface area contributed by atoms with E-state index < -0.39 is 5.82 Å². The minimum atomic E-state index is -0.440. The molecule has 29 heavy (non-hydrogen) atoms. The number of hydrogen-bond donors (Lipinski definition) is 1. The van der Waals surface area contributed by atoms with Gasteiger partial charge in [-0.25, -0.2) is 9.18 Å². The molecule has 0 aromatic heterocycles. The highest BCUT2D eigenvalue weighted by Gasteiger charge is 2.28. The van der Waals surface area contributed by atoms with Crippen molar-refractivity contribution in [1.82, 2.24) is 9.80 Å². The zero-order valence-electron chi connectivity index (χ0n) is 16.6. The Morgan fingerprint density at radius 3 is 2.69 bits per heavy atom. The van der Waals surface area contributed by atoms with Gasteiger partial charge in [-0.3, -0.25) is 0 Å². The summed E-state index contributed by atoms with van der Waals surface area (Å²) >= 11 is 0. The summed E-state index contributed by atoms with van der Waals surface area (Å²) in [6.07, 6.45) is 1.78. The van der Waals surface area contributed by atoms with Crippen molar-refractivity contribution in [1.29, 1.82) is 0 Å². The predicted molar refractivity (Wildman–Crippen MR) is 109 cm³/mol. The third-order valence-electron chi connectivity index (χ3n) is 5.61. The van der Waals surface area contributed by atoms with Gasteiger partial charge >= 0.3 is 6.03 Å². The van der Waals surface area contributed by atoms with Gasteiger partial charge in [-0.15, -0.1) is 0 Å². The summed E-state index contributed by atoms with van der Waals surface area (Å²) in [4.78, 5) is 17.3. The summed E-state index contributed by atoms with van der Waals surface area (Å²) in [6, 6.07) is 11.8. The number of benzene rings is 2. The van der Waals surface area contributed by atoms with E-state index in [9.17, 15) is 9.18 Å². The van der Waals surface area contributed by atoms with E-state index in [0.717, 1.165) is 38.0 Å². The average molecular weight is 399 g/mol. The standard InChI is InChI=1S/C22H26FN3O3/c1-2-25-11-9-17(10-12-25)26(22(27)24-19-6-4-3-5-18(19)23)14-16-7-8-20-21(13-16)29-15-28-20/h3-8,13,17H,2,9-12,14-15H2,1H3,(H,24,27). The Morgan fingerprint density at radius 2 is 1.93 bits per heavy atom. The molecule has 0 saturated carbocycles. The first-order valence-electron chi connectivity index (χ1n) is 10.1. The third kappa shape index (κ3) is 4.45. The van der Waals surface area contributed by atoms with Crippen LogP contribution in [-0.2, 0) is 6.54 Å². The SMILES string of the molecule is CCN1CCC(N(Cc2ccc3c(c2)OCO3)C(=O)Nc2ccccc2F)CC1. The van der Waals surface area contributed by atoms with Crippen molar-refractivity contribution < 1.29 is 18.7 Å². The van der Waals surface area contributed by atoms with E-state index in [0.29, 0.717) is 18.0 Å². The lowest BCUT2D eigenvalue weighted by Gasteiger charge is -2.38. The van der Waals surface area contributed by atoms with Gasteiger partial charge in [0.25, 0.3) is 0 Å². The number of carbonyl (C=O) groups excluding carboxylic acids is 1. The van der Waals surface area contributed by atoms with Crippen LogP contribution in [0.2, 0.25) is 0 Å². The van der Waals surface area contributed by atoms with Crippen LogP contribution in [0.5, 0.6) is 11.5 Å². The van der Waals surface area contributed by atoms with Crippen LogP contribution >= 0.6 is 0 Å². The molecule has 2 aromatic rings. The Labute approximate surface area is 170 Å². The third-order valence-corrected chi connectivity index (χ3v) is 5.61. The molecule has 7 heteroatoms. The molecule has 1 N–H and O–H groups in total. The number of urea groups is 1. The molecule has 0 spiro atoms. The lowest BCUT2D eigenvalue weighted by Crippen LogP contribution is -2.48. The topological polar surface area (TPSA) is 54.0 Å². The number of rotatable bonds is 5. The van der Waals surface area contributed by atoms with Crippen LogP contribution in [0, 0.1) is 5.82 Å². The minimum Gasteiger partial charge on any atom is -0.454 e. The van der Waals surface area contributed by atoms with Crippen LogP contribution in [-0.4, -0.2) is 48.3 Å². The fraction of sp³-hybridized carbons (Fsp3) is 0.409. The number of halogens is 1. The molecule has 0 radical (unpaired) electrons. The molecule has 1 fully saturated rings. The number of amides is 2. The number of nitrogens with one attached hydrogen (secondary N) is 1. The Morgan fingerprint density at radius 1 is 1.17 bits per heavy atom. The molecule has 1 saturated heterocycles. The van der Waals surface area contributed by atoms with Crippen LogP contribution in [0.25, 0.3) is 0 Å². The minimum absolute atomic E-state index is 0.0926. The molecule has 4 rings (SSSR count). The van der Waals surface area contributed by atoms with Crippen LogP contribution < -0.4 is 14.8 Å². The van der Waals surface area contributed by atoms with Crippen LogP contribution in [0.3, 0.4) is 0 Å². The van der Waals surface area contributed by atoms with Gasteiger partial charge in [-0.2, -0.15) is 0 Å². The van der Waals surface area contributed by atoms with Gasteiger partial charge in [0.1, 0.15) is 5.82 Å². The molecule has 2 amide bonds. The Hall–Kier alpha value is -2.80. The first-order chi connectivity index (χ1) is 14.1. The largest absolute Gasteiger partial charge is 0.454 e. The molecule has 0 aliphatic carbocycles. The number of nitrogens with zero attached hydrogens (tertiary/aromatic N) is 2. The molecule has 2 aromatic carbocycles. The van der Waals surface area contributed by atoms with Gasteiger partial charge < -0.3 is 24.6 Å². The molecule has 2 aliphatic heterocycles. The normalized spacial score (nSPS) is 16.6. The van der Waals surface area contributed by atoms with E-state index in [4.69, 9.17) is 9.47 Å². The first kappa shape index (κ1) is 19.5. The molecule has 2 heterocycles. The van der Waals surface area contributed by atoms with Gasteiger partial charge in [0.2, 0.25) is 6.79 Å². The van der Waals surface area contributed by atoms with E-state index in [1.165, 1.54) is 6.07 Å². The molecule has 2 aliphatic rings. The second-order valence-electron chi connectivity index (χ2n) is 7.39. The number of fused-ring (bicyclic) bond motifs is 1. The van der Waals surface area contributed by atoms with Crippen LogP contribution in [0.1, 0.15) is 25.3 Å². The lowest BCUT2D eigenvalue weighted by atomic mass is 10.0. The number of piperidine rings is 1. The van der Waals surface area contributed by atoms with Crippen LogP contribution in [0.15, 0.2) is 42.5 Å². The average Bonchev–Trinajstić information content (AvgIpc) is 3.21. The van der Waals surface area contributed by atoms with E-state index in [-0.39, 0.29) is 24.6 Å². The van der Waals surface area contributed by atoms with Crippen molar-refractivity contribution in [2.75, 3.05) is 31.7 Å². The number of carbonyl (C=O) groups is 1. The highest BCUT2D eigenvalue weighted by molar-refractivity contribution is 5.89. The van der Waals surface area contributed by atoms with Crippen molar-refractivity contribution in [3.05, 3.63) is 53.8 Å². The molecular weight excluding hydrogens is 373 g/mol.